The van der Waals surface area contributed by atoms with Gasteiger partial charge in [0.05, 0.1) is 17.8 Å². The van der Waals surface area contributed by atoms with Gasteiger partial charge in [-0.25, -0.2) is 0 Å². The summed E-state index contributed by atoms with van der Waals surface area (Å²) in [5, 5.41) is 9.62. The molecule has 0 aromatic heterocycles. The van der Waals surface area contributed by atoms with E-state index in [-0.39, 0.29) is 24.6 Å². The Morgan fingerprint density at radius 1 is 0.630 bits per heavy atom. The van der Waals surface area contributed by atoms with Gasteiger partial charge >= 0.3 is 17.9 Å². The van der Waals surface area contributed by atoms with Crippen molar-refractivity contribution in [3.8, 4) is 0 Å². The first-order valence-electron chi connectivity index (χ1n) is 10.7. The van der Waals surface area contributed by atoms with Crippen LogP contribution in [0, 0.1) is 17.8 Å². The van der Waals surface area contributed by atoms with Crippen LogP contribution >= 0.6 is 0 Å². The fourth-order valence-corrected chi connectivity index (χ4v) is 4.82. The Hall–Kier alpha value is -1.59. The number of hydrogen-bond donors (Lipinski definition) is 1. The molecule has 0 bridgehead atoms. The van der Waals surface area contributed by atoms with Crippen molar-refractivity contribution in [2.75, 3.05) is 0 Å². The van der Waals surface area contributed by atoms with Crippen LogP contribution in [0.2, 0.25) is 0 Å². The molecule has 3 unspecified atom stereocenters. The Labute approximate surface area is 161 Å². The standard InChI is InChI=1S/C21H32O6/c22-19(23)18-13-14(20(24)26-15-7-3-1-4-8-15)11-12-17(18)21(25)27-16-9-5-2-6-10-16/h14-18H,1-13H2,(H,22,23). The number of esters is 2. The van der Waals surface area contributed by atoms with Gasteiger partial charge in [0, 0.05) is 0 Å². The average Bonchev–Trinajstić information content (AvgIpc) is 2.69. The lowest BCUT2D eigenvalue weighted by molar-refractivity contribution is -0.169. The number of carbonyl (C=O) groups is 3. The maximum Gasteiger partial charge on any atom is 0.310 e. The van der Waals surface area contributed by atoms with Crippen LogP contribution in [0.1, 0.15) is 83.5 Å². The molecule has 3 fully saturated rings. The van der Waals surface area contributed by atoms with Gasteiger partial charge in [-0.3, -0.25) is 14.4 Å². The molecule has 0 heterocycles. The van der Waals surface area contributed by atoms with Crippen LogP contribution in [-0.2, 0) is 23.9 Å². The normalized spacial score (nSPS) is 30.4. The summed E-state index contributed by atoms with van der Waals surface area (Å²) in [6.07, 6.45) is 11.1. The first-order valence-corrected chi connectivity index (χ1v) is 10.7. The molecule has 0 saturated heterocycles. The van der Waals surface area contributed by atoms with Gasteiger partial charge in [-0.05, 0) is 70.6 Å². The highest BCUT2D eigenvalue weighted by Crippen LogP contribution is 2.37. The molecule has 0 radical (unpaired) electrons. The Bertz CT molecular complexity index is 533. The van der Waals surface area contributed by atoms with Crippen LogP contribution in [0.3, 0.4) is 0 Å². The van der Waals surface area contributed by atoms with Crippen molar-refractivity contribution in [1.29, 1.82) is 0 Å². The van der Waals surface area contributed by atoms with Crippen LogP contribution in [-0.4, -0.2) is 35.2 Å². The minimum absolute atomic E-state index is 0.0245. The molecule has 0 aromatic rings. The Morgan fingerprint density at radius 3 is 1.67 bits per heavy atom. The van der Waals surface area contributed by atoms with Crippen molar-refractivity contribution in [2.24, 2.45) is 17.8 Å². The van der Waals surface area contributed by atoms with Gasteiger partial charge in [-0.15, -0.1) is 0 Å². The zero-order chi connectivity index (χ0) is 19.2. The summed E-state index contributed by atoms with van der Waals surface area (Å²) in [5.41, 5.74) is 0. The van der Waals surface area contributed by atoms with Crippen molar-refractivity contribution in [2.45, 2.75) is 95.7 Å². The van der Waals surface area contributed by atoms with Crippen LogP contribution < -0.4 is 0 Å². The molecule has 152 valence electrons. The Balaban J connectivity index is 1.54. The molecule has 3 rings (SSSR count). The van der Waals surface area contributed by atoms with E-state index in [1.807, 2.05) is 0 Å². The molecule has 0 aromatic carbocycles. The van der Waals surface area contributed by atoms with Crippen LogP contribution in [0.25, 0.3) is 0 Å². The number of carboxylic acids is 1. The average molecular weight is 380 g/mol. The van der Waals surface area contributed by atoms with Gasteiger partial charge in [-0.2, -0.15) is 0 Å². The third kappa shape index (κ3) is 5.45. The summed E-state index contributed by atoms with van der Waals surface area (Å²) >= 11 is 0. The first kappa shape index (κ1) is 20.2. The number of aliphatic carboxylic acids is 1. The second-order valence-corrected chi connectivity index (χ2v) is 8.46. The lowest BCUT2D eigenvalue weighted by Crippen LogP contribution is -2.40. The minimum atomic E-state index is -1.02. The van der Waals surface area contributed by atoms with Gasteiger partial charge < -0.3 is 14.6 Å². The maximum absolute atomic E-state index is 12.6. The summed E-state index contributed by atoms with van der Waals surface area (Å²) in [7, 11) is 0. The van der Waals surface area contributed by atoms with E-state index in [1.165, 1.54) is 12.8 Å². The van der Waals surface area contributed by atoms with Gasteiger partial charge in [0.2, 0.25) is 0 Å². The van der Waals surface area contributed by atoms with E-state index in [0.717, 1.165) is 51.4 Å². The SMILES string of the molecule is O=C(OC1CCCCC1)C1CCC(C(=O)OC2CCCCC2)C(C(=O)O)C1. The fraction of sp³-hybridized carbons (Fsp3) is 0.857. The van der Waals surface area contributed by atoms with Crippen molar-refractivity contribution in [3.05, 3.63) is 0 Å². The third-order valence-corrected chi connectivity index (χ3v) is 6.47. The van der Waals surface area contributed by atoms with Crippen LogP contribution in [0.15, 0.2) is 0 Å². The van der Waals surface area contributed by atoms with E-state index >= 15 is 0 Å². The second kappa shape index (κ2) is 9.56. The summed E-state index contributed by atoms with van der Waals surface area (Å²) in [6.45, 7) is 0. The van der Waals surface area contributed by atoms with E-state index in [2.05, 4.69) is 0 Å². The monoisotopic (exact) mass is 380 g/mol. The molecule has 3 aliphatic rings. The molecular weight excluding hydrogens is 348 g/mol. The first-order chi connectivity index (χ1) is 13.0. The molecule has 3 aliphatic carbocycles. The number of ether oxygens (including phenoxy) is 2. The van der Waals surface area contributed by atoms with Gasteiger partial charge in [0.25, 0.3) is 0 Å². The maximum atomic E-state index is 12.6. The third-order valence-electron chi connectivity index (χ3n) is 6.47. The van der Waals surface area contributed by atoms with E-state index in [9.17, 15) is 19.5 Å². The quantitative estimate of drug-likeness (QED) is 0.729. The highest BCUT2D eigenvalue weighted by atomic mass is 16.5. The summed E-state index contributed by atoms with van der Waals surface area (Å²) < 4.78 is 11.2. The van der Waals surface area contributed by atoms with Gasteiger partial charge in [0.1, 0.15) is 12.2 Å². The predicted molar refractivity (Wildman–Crippen MR) is 97.9 cm³/mol. The molecule has 27 heavy (non-hydrogen) atoms. The number of hydrogen-bond acceptors (Lipinski definition) is 5. The van der Waals surface area contributed by atoms with Crippen molar-refractivity contribution in [1.82, 2.24) is 0 Å². The molecule has 1 N–H and O–H groups in total. The van der Waals surface area contributed by atoms with Crippen LogP contribution in [0.5, 0.6) is 0 Å². The number of carbonyl (C=O) groups excluding carboxylic acids is 2. The van der Waals surface area contributed by atoms with Crippen molar-refractivity contribution >= 4 is 17.9 Å². The minimum Gasteiger partial charge on any atom is -0.481 e. The van der Waals surface area contributed by atoms with E-state index < -0.39 is 29.7 Å². The van der Waals surface area contributed by atoms with E-state index in [4.69, 9.17) is 9.47 Å². The molecule has 0 spiro atoms. The number of carboxylic acid groups (broad SMARTS) is 1. The largest absolute Gasteiger partial charge is 0.481 e. The van der Waals surface area contributed by atoms with E-state index in [0.29, 0.717) is 12.8 Å². The smallest absolute Gasteiger partial charge is 0.310 e. The number of rotatable bonds is 5. The molecule has 3 saturated carbocycles. The molecular formula is C21H32O6. The fourth-order valence-electron chi connectivity index (χ4n) is 4.82. The van der Waals surface area contributed by atoms with Gasteiger partial charge in [-0.1, -0.05) is 12.8 Å². The topological polar surface area (TPSA) is 89.9 Å². The zero-order valence-corrected chi connectivity index (χ0v) is 16.1. The van der Waals surface area contributed by atoms with Crippen molar-refractivity contribution in [3.63, 3.8) is 0 Å². The predicted octanol–water partition coefficient (Wildman–Crippen LogP) is 3.86. The lowest BCUT2D eigenvalue weighted by atomic mass is 9.74. The molecule has 6 heteroatoms. The Morgan fingerprint density at radius 2 is 1.15 bits per heavy atom. The zero-order valence-electron chi connectivity index (χ0n) is 16.1. The van der Waals surface area contributed by atoms with Crippen LogP contribution in [0.4, 0.5) is 0 Å². The highest BCUT2D eigenvalue weighted by molar-refractivity contribution is 5.83. The molecule has 0 amide bonds. The highest BCUT2D eigenvalue weighted by Gasteiger charge is 2.43. The molecule has 6 nitrogen and oxygen atoms in total. The van der Waals surface area contributed by atoms with Gasteiger partial charge in [0.15, 0.2) is 0 Å². The summed E-state index contributed by atoms with van der Waals surface area (Å²) in [5.74, 6) is -3.63. The van der Waals surface area contributed by atoms with E-state index in [1.54, 1.807) is 0 Å². The molecule has 3 atom stereocenters. The second-order valence-electron chi connectivity index (χ2n) is 8.46. The lowest BCUT2D eigenvalue weighted by Gasteiger charge is -2.33. The summed E-state index contributed by atoms with van der Waals surface area (Å²) in [4.78, 5) is 36.8. The van der Waals surface area contributed by atoms with Crippen molar-refractivity contribution < 1.29 is 29.0 Å². The summed E-state index contributed by atoms with van der Waals surface area (Å²) in [6, 6.07) is 0. The molecule has 0 aliphatic heterocycles. The Kier molecular flexibility index (Phi) is 7.13.